The van der Waals surface area contributed by atoms with Gasteiger partial charge in [0.2, 0.25) is 5.91 Å². The van der Waals surface area contributed by atoms with E-state index in [1.165, 1.54) is 11.1 Å². The first-order valence-corrected chi connectivity index (χ1v) is 20.8. The number of rotatable bonds is 21. The normalized spacial score (nSPS) is 13.7. The Balaban J connectivity index is 1.19. The van der Waals surface area contributed by atoms with Crippen molar-refractivity contribution in [2.24, 2.45) is 0 Å². The Morgan fingerprint density at radius 3 is 2.44 bits per heavy atom. The molecule has 1 atom stereocenters. The van der Waals surface area contributed by atoms with Crippen LogP contribution in [0.1, 0.15) is 83.0 Å². The number of ether oxygens (including phenoxy) is 1. The first kappa shape index (κ1) is 43.3. The number of amides is 3. The zero-order valence-electron chi connectivity index (χ0n) is 32.8. The van der Waals surface area contributed by atoms with E-state index in [1.807, 2.05) is 48.5 Å². The number of benzene rings is 3. The van der Waals surface area contributed by atoms with Crippen LogP contribution in [-0.2, 0) is 21.7 Å². The molecule has 3 aromatic carbocycles. The van der Waals surface area contributed by atoms with Crippen molar-refractivity contribution >= 4 is 40.9 Å². The quantitative estimate of drug-likeness (QED) is 0.0590. The highest BCUT2D eigenvalue weighted by Gasteiger charge is 2.29. The first-order valence-electron chi connectivity index (χ1n) is 19.7. The van der Waals surface area contributed by atoms with Gasteiger partial charge in [-0.3, -0.25) is 19.4 Å². The SMILES string of the molecule is CCN(CC)c1ccc(NC(=O)c2cccc(CSCCOCCCC(=O)NC(CO)(CO)CO)c2)c(-c2cc(C(=O)N[C@H]3CCCc4ccccc43)ccn2)c1. The molecule has 0 aliphatic heterocycles. The number of nitrogens with one attached hydrogen (secondary N) is 3. The van der Waals surface area contributed by atoms with Crippen molar-refractivity contribution in [2.75, 3.05) is 62.1 Å². The lowest BCUT2D eigenvalue weighted by Gasteiger charge is -2.28. The van der Waals surface area contributed by atoms with Crippen LogP contribution in [-0.4, -0.2) is 95.4 Å². The number of pyridine rings is 1. The summed E-state index contributed by atoms with van der Waals surface area (Å²) in [4.78, 5) is 46.4. The van der Waals surface area contributed by atoms with Gasteiger partial charge in [-0.15, -0.1) is 0 Å². The maximum Gasteiger partial charge on any atom is 0.255 e. The van der Waals surface area contributed by atoms with Gasteiger partial charge in [0.15, 0.2) is 0 Å². The highest BCUT2D eigenvalue weighted by atomic mass is 32.2. The fourth-order valence-corrected chi connectivity index (χ4v) is 7.67. The van der Waals surface area contributed by atoms with Crippen molar-refractivity contribution in [3.63, 3.8) is 0 Å². The van der Waals surface area contributed by atoms with Crippen LogP contribution >= 0.6 is 11.8 Å². The van der Waals surface area contributed by atoms with E-state index in [0.29, 0.717) is 59.2 Å². The van der Waals surface area contributed by atoms with Crippen molar-refractivity contribution < 1.29 is 34.4 Å². The van der Waals surface area contributed by atoms with Gasteiger partial charge in [0, 0.05) is 66.2 Å². The summed E-state index contributed by atoms with van der Waals surface area (Å²) in [7, 11) is 0. The molecule has 0 radical (unpaired) electrons. The monoisotopic (exact) mass is 797 g/mol. The van der Waals surface area contributed by atoms with E-state index in [4.69, 9.17) is 4.74 Å². The van der Waals surface area contributed by atoms with Crippen LogP contribution in [0.25, 0.3) is 11.3 Å². The van der Waals surface area contributed by atoms with Crippen LogP contribution in [0.4, 0.5) is 11.4 Å². The predicted molar refractivity (Wildman–Crippen MR) is 226 cm³/mol. The number of aromatic nitrogens is 1. The lowest BCUT2D eigenvalue weighted by molar-refractivity contribution is -0.125. The number of anilines is 2. The van der Waals surface area contributed by atoms with Crippen LogP contribution in [0.3, 0.4) is 0 Å². The van der Waals surface area contributed by atoms with Crippen LogP contribution in [0.5, 0.6) is 0 Å². The van der Waals surface area contributed by atoms with E-state index in [-0.39, 0.29) is 30.2 Å². The third-order valence-electron chi connectivity index (χ3n) is 10.2. The summed E-state index contributed by atoms with van der Waals surface area (Å²) in [5, 5.41) is 37.0. The lowest BCUT2D eigenvalue weighted by Crippen LogP contribution is -2.57. The number of hydrogen-bond donors (Lipinski definition) is 6. The Kier molecular flexibility index (Phi) is 16.5. The maximum absolute atomic E-state index is 13.7. The number of nitrogens with zero attached hydrogens (tertiary/aromatic N) is 2. The molecule has 304 valence electrons. The molecule has 6 N–H and O–H groups in total. The second-order valence-corrected chi connectivity index (χ2v) is 15.3. The van der Waals surface area contributed by atoms with Gasteiger partial charge >= 0.3 is 0 Å². The van der Waals surface area contributed by atoms with Crippen molar-refractivity contribution in [3.8, 4) is 11.3 Å². The Bertz CT molecular complexity index is 1940. The molecule has 57 heavy (non-hydrogen) atoms. The Morgan fingerprint density at radius 2 is 1.67 bits per heavy atom. The number of carbonyl (C=O) groups is 3. The molecule has 1 aliphatic carbocycles. The topological polar surface area (TPSA) is 173 Å². The molecule has 0 spiro atoms. The van der Waals surface area contributed by atoms with Crippen LogP contribution < -0.4 is 20.9 Å². The second kappa shape index (κ2) is 21.7. The van der Waals surface area contributed by atoms with Gasteiger partial charge < -0.3 is 40.9 Å². The van der Waals surface area contributed by atoms with E-state index >= 15 is 0 Å². The van der Waals surface area contributed by atoms with Gasteiger partial charge in [0.05, 0.1) is 43.9 Å². The van der Waals surface area contributed by atoms with Crippen molar-refractivity contribution in [1.29, 1.82) is 0 Å². The van der Waals surface area contributed by atoms with E-state index in [2.05, 4.69) is 51.8 Å². The predicted octanol–water partition coefficient (Wildman–Crippen LogP) is 5.52. The molecule has 4 aromatic rings. The largest absolute Gasteiger partial charge is 0.394 e. The summed E-state index contributed by atoms with van der Waals surface area (Å²) < 4.78 is 5.67. The number of thioether (sulfide) groups is 1. The fraction of sp³-hybridized carbons (Fsp3) is 0.409. The van der Waals surface area contributed by atoms with Gasteiger partial charge in [-0.25, -0.2) is 0 Å². The summed E-state index contributed by atoms with van der Waals surface area (Å²) in [6.45, 7) is 4.96. The molecule has 0 fully saturated rings. The summed E-state index contributed by atoms with van der Waals surface area (Å²) in [6.07, 6.45) is 5.15. The van der Waals surface area contributed by atoms with E-state index in [0.717, 1.165) is 43.6 Å². The zero-order valence-corrected chi connectivity index (χ0v) is 33.7. The molecule has 3 amide bonds. The zero-order chi connectivity index (χ0) is 40.6. The molecule has 1 aliphatic rings. The molecular weight excluding hydrogens is 743 g/mol. The standard InChI is InChI=1S/C44H55N5O7S/c1-3-49(4-2)35-17-18-39(37(26-35)40-25-34(19-20-45-40)43(55)46-38-15-8-12-32-11-5-6-14-36(32)38)47-42(54)33-13-7-10-31(24-33)27-57-23-22-56-21-9-16-41(53)48-44(28-50,29-51)30-52/h5-7,10-11,13-14,17-20,24-26,38,50-52H,3-4,8-9,12,15-16,21-23,27-30H2,1-2H3,(H,46,55)(H,47,54)(H,48,53)/t38-/m0/s1. The molecule has 13 heteroatoms. The van der Waals surface area contributed by atoms with E-state index in [1.54, 1.807) is 36.2 Å². The lowest BCUT2D eigenvalue weighted by atomic mass is 9.87. The number of aryl methyl sites for hydroxylation is 1. The molecule has 0 bridgehead atoms. The number of hydrogen-bond acceptors (Lipinski definition) is 10. The summed E-state index contributed by atoms with van der Waals surface area (Å²) in [6, 6.07) is 25.2. The number of aliphatic hydroxyl groups excluding tert-OH is 3. The molecule has 1 aromatic heterocycles. The number of aliphatic hydroxyl groups is 3. The summed E-state index contributed by atoms with van der Waals surface area (Å²) in [5.41, 5.74) is 5.89. The third kappa shape index (κ3) is 11.9. The Morgan fingerprint density at radius 1 is 0.895 bits per heavy atom. The molecule has 0 saturated heterocycles. The maximum atomic E-state index is 13.7. The van der Waals surface area contributed by atoms with Gasteiger partial charge in [-0.1, -0.05) is 36.4 Å². The molecular formula is C44H55N5O7S. The van der Waals surface area contributed by atoms with Crippen molar-refractivity contribution in [3.05, 3.63) is 113 Å². The Labute approximate surface area is 339 Å². The average molecular weight is 798 g/mol. The smallest absolute Gasteiger partial charge is 0.255 e. The molecule has 12 nitrogen and oxygen atoms in total. The Hall–Kier alpha value is -4.79. The van der Waals surface area contributed by atoms with Gasteiger partial charge in [0.1, 0.15) is 5.54 Å². The van der Waals surface area contributed by atoms with Crippen LogP contribution in [0, 0.1) is 0 Å². The van der Waals surface area contributed by atoms with Crippen LogP contribution in [0.2, 0.25) is 0 Å². The minimum atomic E-state index is -1.43. The van der Waals surface area contributed by atoms with Gasteiger partial charge in [-0.2, -0.15) is 11.8 Å². The van der Waals surface area contributed by atoms with Gasteiger partial charge in [0.25, 0.3) is 11.8 Å². The van der Waals surface area contributed by atoms with E-state index < -0.39 is 25.4 Å². The van der Waals surface area contributed by atoms with E-state index in [9.17, 15) is 29.7 Å². The third-order valence-corrected chi connectivity index (χ3v) is 11.2. The second-order valence-electron chi connectivity index (χ2n) is 14.2. The van der Waals surface area contributed by atoms with Gasteiger partial charge in [-0.05, 0) is 98.7 Å². The summed E-state index contributed by atoms with van der Waals surface area (Å²) in [5.74, 6) is 0.583. The summed E-state index contributed by atoms with van der Waals surface area (Å²) >= 11 is 1.67. The highest BCUT2D eigenvalue weighted by Crippen LogP contribution is 2.33. The minimum absolute atomic E-state index is 0.0538. The highest BCUT2D eigenvalue weighted by molar-refractivity contribution is 7.98. The minimum Gasteiger partial charge on any atom is -0.394 e. The fourth-order valence-electron chi connectivity index (χ4n) is 6.87. The first-order chi connectivity index (χ1) is 27.7. The molecule has 0 unspecified atom stereocenters. The average Bonchev–Trinajstić information content (AvgIpc) is 3.25. The molecule has 0 saturated carbocycles. The molecule has 5 rings (SSSR count). The van der Waals surface area contributed by atoms with Crippen molar-refractivity contribution in [1.82, 2.24) is 15.6 Å². The number of carbonyl (C=O) groups excluding carboxylic acids is 3. The number of fused-ring (bicyclic) bond motifs is 1. The van der Waals surface area contributed by atoms with Crippen molar-refractivity contribution in [2.45, 2.75) is 63.3 Å². The van der Waals surface area contributed by atoms with Crippen LogP contribution in [0.15, 0.2) is 85.1 Å². The molecule has 1 heterocycles.